The summed E-state index contributed by atoms with van der Waals surface area (Å²) in [6.07, 6.45) is 8.78. The Balaban J connectivity index is 1.83. The van der Waals surface area contributed by atoms with E-state index in [0.29, 0.717) is 0 Å². The Kier molecular flexibility index (Phi) is 3.16. The molecule has 14 heavy (non-hydrogen) atoms. The van der Waals surface area contributed by atoms with E-state index in [-0.39, 0.29) is 0 Å². The van der Waals surface area contributed by atoms with Crippen LogP contribution < -0.4 is 0 Å². The van der Waals surface area contributed by atoms with Crippen LogP contribution in [-0.2, 0) is 0 Å². The molecule has 0 amide bonds. The summed E-state index contributed by atoms with van der Waals surface area (Å²) in [6, 6.07) is 0. The van der Waals surface area contributed by atoms with Gasteiger partial charge in [0.1, 0.15) is 0 Å². The van der Waals surface area contributed by atoms with Crippen molar-refractivity contribution in [2.45, 2.75) is 52.4 Å². The van der Waals surface area contributed by atoms with Crippen LogP contribution in [0.15, 0.2) is 0 Å². The quantitative estimate of drug-likeness (QED) is 0.668. The molecule has 0 bridgehead atoms. The van der Waals surface area contributed by atoms with Gasteiger partial charge in [0.05, 0.1) is 0 Å². The monoisotopic (exact) mass is 195 g/mol. The lowest BCUT2D eigenvalue weighted by molar-refractivity contribution is 0.191. The van der Waals surface area contributed by atoms with Crippen molar-refractivity contribution in [2.24, 2.45) is 11.3 Å². The van der Waals surface area contributed by atoms with Crippen molar-refractivity contribution in [3.05, 3.63) is 0 Å². The van der Waals surface area contributed by atoms with Gasteiger partial charge in [0.2, 0.25) is 0 Å². The second-order valence-electron chi connectivity index (χ2n) is 5.71. The fourth-order valence-electron chi connectivity index (χ4n) is 2.82. The minimum atomic E-state index is 0.727. The average molecular weight is 195 g/mol. The van der Waals surface area contributed by atoms with Gasteiger partial charge in [-0.2, -0.15) is 0 Å². The summed E-state index contributed by atoms with van der Waals surface area (Å²) in [4.78, 5) is 2.74. The summed E-state index contributed by atoms with van der Waals surface area (Å²) in [5.74, 6) is 0.894. The van der Waals surface area contributed by atoms with Crippen molar-refractivity contribution in [2.75, 3.05) is 19.6 Å². The molecule has 0 aromatic heterocycles. The van der Waals surface area contributed by atoms with E-state index in [1.54, 1.807) is 0 Å². The molecule has 1 nitrogen and oxygen atoms in total. The summed E-state index contributed by atoms with van der Waals surface area (Å²) >= 11 is 0. The number of hydrogen-bond donors (Lipinski definition) is 0. The van der Waals surface area contributed by atoms with Crippen LogP contribution in [0.4, 0.5) is 0 Å². The Labute approximate surface area is 88.9 Å². The third-order valence-electron chi connectivity index (χ3n) is 4.35. The molecule has 0 aromatic rings. The first-order chi connectivity index (χ1) is 6.73. The highest BCUT2D eigenvalue weighted by molar-refractivity contribution is 4.97. The molecule has 0 atom stereocenters. The average Bonchev–Trinajstić information content (AvgIpc) is 2.91. The number of nitrogens with zero attached hydrogens (tertiary/aromatic N) is 1. The van der Waals surface area contributed by atoms with E-state index in [4.69, 9.17) is 0 Å². The molecule has 0 spiro atoms. The third-order valence-corrected chi connectivity index (χ3v) is 4.35. The highest BCUT2D eigenvalue weighted by Gasteiger charge is 2.46. The zero-order valence-electron chi connectivity index (χ0n) is 9.89. The number of rotatable bonds is 3. The molecular formula is C13H25N. The summed E-state index contributed by atoms with van der Waals surface area (Å²) in [5.41, 5.74) is 0.727. The summed E-state index contributed by atoms with van der Waals surface area (Å²) in [5, 5.41) is 0. The van der Waals surface area contributed by atoms with E-state index in [9.17, 15) is 0 Å². The second kappa shape index (κ2) is 4.22. The Morgan fingerprint density at radius 1 is 1.00 bits per heavy atom. The predicted molar refractivity (Wildman–Crippen MR) is 61.4 cm³/mol. The Bertz CT molecular complexity index is 174. The van der Waals surface area contributed by atoms with Gasteiger partial charge in [-0.25, -0.2) is 0 Å². The number of likely N-dealkylation sites (tertiary alicyclic amines) is 1. The van der Waals surface area contributed by atoms with E-state index in [1.165, 1.54) is 58.2 Å². The van der Waals surface area contributed by atoms with Crippen LogP contribution in [0.3, 0.4) is 0 Å². The minimum Gasteiger partial charge on any atom is -0.303 e. The molecule has 0 N–H and O–H groups in total. The maximum atomic E-state index is 2.74. The molecule has 2 rings (SSSR count). The Morgan fingerprint density at radius 2 is 1.57 bits per heavy atom. The van der Waals surface area contributed by atoms with Gasteiger partial charge in [-0.15, -0.1) is 0 Å². The Morgan fingerprint density at radius 3 is 2.00 bits per heavy atom. The van der Waals surface area contributed by atoms with Crippen molar-refractivity contribution in [3.63, 3.8) is 0 Å². The molecule has 1 heteroatoms. The maximum Gasteiger partial charge on any atom is 0.00404 e. The summed E-state index contributed by atoms with van der Waals surface area (Å²) in [7, 11) is 0. The lowest BCUT2D eigenvalue weighted by atomic mass is 9.92. The molecule has 1 aliphatic heterocycles. The van der Waals surface area contributed by atoms with Gasteiger partial charge in [0.15, 0.2) is 0 Å². The van der Waals surface area contributed by atoms with E-state index in [1.807, 2.05) is 0 Å². The van der Waals surface area contributed by atoms with Gasteiger partial charge in [-0.05, 0) is 50.1 Å². The first-order valence-electron chi connectivity index (χ1n) is 6.45. The lowest BCUT2D eigenvalue weighted by Crippen LogP contribution is -2.33. The van der Waals surface area contributed by atoms with Crippen LogP contribution in [0.5, 0.6) is 0 Å². The normalized spacial score (nSPS) is 27.6. The summed E-state index contributed by atoms with van der Waals surface area (Å²) in [6.45, 7) is 8.95. The van der Waals surface area contributed by atoms with Crippen molar-refractivity contribution in [1.82, 2.24) is 4.90 Å². The third kappa shape index (κ3) is 2.31. The van der Waals surface area contributed by atoms with E-state index in [2.05, 4.69) is 18.7 Å². The smallest absolute Gasteiger partial charge is 0.00404 e. The molecule has 2 aliphatic rings. The fraction of sp³-hybridized carbons (Fsp3) is 1.00. The molecule has 82 valence electrons. The fourth-order valence-corrected chi connectivity index (χ4v) is 2.82. The molecule has 2 fully saturated rings. The van der Waals surface area contributed by atoms with Gasteiger partial charge >= 0.3 is 0 Å². The topological polar surface area (TPSA) is 3.24 Å². The van der Waals surface area contributed by atoms with Crippen molar-refractivity contribution in [3.8, 4) is 0 Å². The SMILES string of the molecule is CC(C)C1(CN2CCCCCC2)CC1. The molecule has 1 saturated carbocycles. The molecule has 0 radical (unpaired) electrons. The van der Waals surface area contributed by atoms with Crippen molar-refractivity contribution in [1.29, 1.82) is 0 Å². The molecule has 1 aliphatic carbocycles. The first kappa shape index (κ1) is 10.5. The van der Waals surface area contributed by atoms with E-state index in [0.717, 1.165) is 11.3 Å². The van der Waals surface area contributed by atoms with E-state index < -0.39 is 0 Å². The molecule has 1 heterocycles. The highest BCUT2D eigenvalue weighted by Crippen LogP contribution is 2.52. The van der Waals surface area contributed by atoms with Gasteiger partial charge in [-0.1, -0.05) is 26.7 Å². The van der Waals surface area contributed by atoms with Crippen LogP contribution in [0.1, 0.15) is 52.4 Å². The van der Waals surface area contributed by atoms with Gasteiger partial charge in [0.25, 0.3) is 0 Å². The van der Waals surface area contributed by atoms with Crippen LogP contribution in [0, 0.1) is 11.3 Å². The van der Waals surface area contributed by atoms with Crippen molar-refractivity contribution >= 4 is 0 Å². The van der Waals surface area contributed by atoms with Gasteiger partial charge in [0, 0.05) is 6.54 Å². The largest absolute Gasteiger partial charge is 0.303 e. The van der Waals surface area contributed by atoms with E-state index >= 15 is 0 Å². The van der Waals surface area contributed by atoms with Gasteiger partial charge in [-0.3, -0.25) is 0 Å². The maximum absolute atomic E-state index is 2.74. The summed E-state index contributed by atoms with van der Waals surface area (Å²) < 4.78 is 0. The first-order valence-corrected chi connectivity index (χ1v) is 6.45. The minimum absolute atomic E-state index is 0.727. The second-order valence-corrected chi connectivity index (χ2v) is 5.71. The standard InChI is InChI=1S/C13H25N/c1-12(2)13(7-8-13)11-14-9-5-3-4-6-10-14/h12H,3-11H2,1-2H3. The molecular weight excluding hydrogens is 170 g/mol. The van der Waals surface area contributed by atoms with Crippen LogP contribution in [-0.4, -0.2) is 24.5 Å². The van der Waals surface area contributed by atoms with Crippen molar-refractivity contribution < 1.29 is 0 Å². The highest BCUT2D eigenvalue weighted by atomic mass is 15.1. The molecule has 1 saturated heterocycles. The number of hydrogen-bond acceptors (Lipinski definition) is 1. The molecule has 0 unspecified atom stereocenters. The zero-order chi connectivity index (χ0) is 10.0. The van der Waals surface area contributed by atoms with Crippen LogP contribution in [0.25, 0.3) is 0 Å². The Hall–Kier alpha value is -0.0400. The predicted octanol–water partition coefficient (Wildman–Crippen LogP) is 3.30. The molecule has 0 aromatic carbocycles. The van der Waals surface area contributed by atoms with Crippen LogP contribution in [0.2, 0.25) is 0 Å². The van der Waals surface area contributed by atoms with Crippen LogP contribution >= 0.6 is 0 Å². The zero-order valence-corrected chi connectivity index (χ0v) is 9.89. The van der Waals surface area contributed by atoms with Gasteiger partial charge < -0.3 is 4.90 Å². The lowest BCUT2D eigenvalue weighted by Gasteiger charge is -2.28.